The second kappa shape index (κ2) is 10.4. The Bertz CT molecular complexity index is 902. The van der Waals surface area contributed by atoms with Crippen molar-refractivity contribution < 1.29 is 23.9 Å². The summed E-state index contributed by atoms with van der Waals surface area (Å²) in [5.74, 6) is -1.73. The smallest absolute Gasteiger partial charge is 0.348 e. The minimum absolute atomic E-state index is 0.195. The number of benzene rings is 1. The van der Waals surface area contributed by atoms with Crippen LogP contribution in [-0.2, 0) is 14.3 Å². The van der Waals surface area contributed by atoms with Gasteiger partial charge in [-0.1, -0.05) is 37.3 Å². The molecule has 6 nitrogen and oxygen atoms in total. The number of esters is 2. The summed E-state index contributed by atoms with van der Waals surface area (Å²) in [6.45, 7) is 10.6. The third-order valence-electron chi connectivity index (χ3n) is 4.39. The minimum atomic E-state index is -0.578. The van der Waals surface area contributed by atoms with Gasteiger partial charge in [-0.15, -0.1) is 11.3 Å². The van der Waals surface area contributed by atoms with E-state index in [9.17, 15) is 14.4 Å². The van der Waals surface area contributed by atoms with Gasteiger partial charge in [-0.2, -0.15) is 0 Å². The van der Waals surface area contributed by atoms with Crippen LogP contribution in [0.25, 0.3) is 0 Å². The lowest BCUT2D eigenvalue weighted by Crippen LogP contribution is -2.22. The van der Waals surface area contributed by atoms with Crippen LogP contribution in [0.2, 0.25) is 0 Å². The molecule has 0 saturated carbocycles. The Kier molecular flexibility index (Phi) is 8.17. The largest absolute Gasteiger partial charge is 0.459 e. The molecular weight excluding hydrogens is 402 g/mol. The van der Waals surface area contributed by atoms with Crippen molar-refractivity contribution >= 4 is 34.2 Å². The number of carbonyl (C=O) groups is 3. The molecule has 0 aliphatic carbocycles. The van der Waals surface area contributed by atoms with E-state index in [2.05, 4.69) is 5.32 Å². The number of rotatable bonds is 8. The summed E-state index contributed by atoms with van der Waals surface area (Å²) in [7, 11) is 0. The van der Waals surface area contributed by atoms with Gasteiger partial charge < -0.3 is 14.8 Å². The normalized spacial score (nSPS) is 12.0. The van der Waals surface area contributed by atoms with Crippen molar-refractivity contribution in [3.8, 4) is 0 Å². The first kappa shape index (κ1) is 23.6. The molecule has 1 aromatic heterocycles. The number of hydrogen-bond donors (Lipinski definition) is 1. The fraction of sp³-hybridized carbons (Fsp3) is 0.435. The number of hydrogen-bond acceptors (Lipinski definition) is 6. The van der Waals surface area contributed by atoms with E-state index in [4.69, 9.17) is 9.47 Å². The SMILES string of the molecule is CCC(C(=O)Nc1sc(C(=O)OC(C)C)c(C)c1C(=O)OC(C)C)c1ccccc1. The van der Waals surface area contributed by atoms with Gasteiger partial charge in [0.2, 0.25) is 5.91 Å². The summed E-state index contributed by atoms with van der Waals surface area (Å²) >= 11 is 1.04. The molecule has 1 heterocycles. The third kappa shape index (κ3) is 5.69. The van der Waals surface area contributed by atoms with Crippen LogP contribution in [-0.4, -0.2) is 30.1 Å². The van der Waals surface area contributed by atoms with Crippen LogP contribution in [0.3, 0.4) is 0 Å². The highest BCUT2D eigenvalue weighted by Crippen LogP contribution is 2.36. The van der Waals surface area contributed by atoms with Crippen molar-refractivity contribution in [1.29, 1.82) is 0 Å². The quantitative estimate of drug-likeness (QED) is 0.572. The number of ether oxygens (including phenoxy) is 2. The van der Waals surface area contributed by atoms with Crippen LogP contribution < -0.4 is 5.32 Å². The van der Waals surface area contributed by atoms with Gasteiger partial charge >= 0.3 is 11.9 Å². The Balaban J connectivity index is 2.42. The molecule has 1 unspecified atom stereocenters. The molecule has 0 fully saturated rings. The van der Waals surface area contributed by atoms with Crippen LogP contribution in [0.5, 0.6) is 0 Å². The summed E-state index contributed by atoms with van der Waals surface area (Å²) < 4.78 is 10.6. The lowest BCUT2D eigenvalue weighted by Gasteiger charge is -2.16. The highest BCUT2D eigenvalue weighted by atomic mass is 32.1. The minimum Gasteiger partial charge on any atom is -0.459 e. The van der Waals surface area contributed by atoms with Crippen molar-refractivity contribution in [2.24, 2.45) is 0 Å². The van der Waals surface area contributed by atoms with E-state index in [1.54, 1.807) is 34.6 Å². The molecule has 0 bridgehead atoms. The monoisotopic (exact) mass is 431 g/mol. The van der Waals surface area contributed by atoms with Crippen LogP contribution >= 0.6 is 11.3 Å². The third-order valence-corrected chi connectivity index (χ3v) is 5.57. The number of anilines is 1. The first-order valence-electron chi connectivity index (χ1n) is 10.1. The first-order chi connectivity index (χ1) is 14.1. The van der Waals surface area contributed by atoms with Crippen molar-refractivity contribution in [1.82, 2.24) is 0 Å². The standard InChI is InChI=1S/C23H29NO5S/c1-7-17(16-11-9-8-10-12-16)20(25)24-21-18(22(26)28-13(2)3)15(6)19(30-21)23(27)29-14(4)5/h8-14,17H,7H2,1-6H3,(H,24,25). The van der Waals surface area contributed by atoms with Crippen molar-refractivity contribution in [3.05, 3.63) is 51.9 Å². The summed E-state index contributed by atoms with van der Waals surface area (Å²) in [6.07, 6.45) is -0.0430. The zero-order valence-corrected chi connectivity index (χ0v) is 19.1. The predicted octanol–water partition coefficient (Wildman–Crippen LogP) is 5.32. The van der Waals surface area contributed by atoms with Crippen LogP contribution in [0, 0.1) is 6.92 Å². The number of carbonyl (C=O) groups excluding carboxylic acids is 3. The maximum absolute atomic E-state index is 13.0. The average Bonchev–Trinajstić information content (AvgIpc) is 2.98. The molecule has 1 aromatic carbocycles. The second-order valence-electron chi connectivity index (χ2n) is 7.53. The summed E-state index contributed by atoms with van der Waals surface area (Å²) in [5.41, 5.74) is 1.52. The van der Waals surface area contributed by atoms with Gasteiger partial charge in [-0.25, -0.2) is 9.59 Å². The van der Waals surface area contributed by atoms with E-state index in [-0.39, 0.29) is 34.5 Å². The molecule has 2 aromatic rings. The van der Waals surface area contributed by atoms with E-state index in [0.29, 0.717) is 17.0 Å². The van der Waals surface area contributed by atoms with Gasteiger partial charge in [0.15, 0.2) is 0 Å². The molecule has 7 heteroatoms. The van der Waals surface area contributed by atoms with Crippen LogP contribution in [0.4, 0.5) is 5.00 Å². The molecule has 1 amide bonds. The van der Waals surface area contributed by atoms with E-state index in [0.717, 1.165) is 16.9 Å². The molecule has 2 rings (SSSR count). The van der Waals surface area contributed by atoms with Crippen molar-refractivity contribution in [3.63, 3.8) is 0 Å². The number of thiophene rings is 1. The highest BCUT2D eigenvalue weighted by molar-refractivity contribution is 7.18. The summed E-state index contributed by atoms with van der Waals surface area (Å²) in [6, 6.07) is 9.45. The lowest BCUT2D eigenvalue weighted by molar-refractivity contribution is -0.117. The topological polar surface area (TPSA) is 81.7 Å². The van der Waals surface area contributed by atoms with E-state index >= 15 is 0 Å². The van der Waals surface area contributed by atoms with Gasteiger partial charge in [-0.05, 0) is 52.2 Å². The van der Waals surface area contributed by atoms with E-state index in [1.807, 2.05) is 37.3 Å². The first-order valence-corrected chi connectivity index (χ1v) is 10.9. The van der Waals surface area contributed by atoms with Gasteiger partial charge in [0, 0.05) is 0 Å². The maximum atomic E-state index is 13.0. The molecule has 1 N–H and O–H groups in total. The number of nitrogens with one attached hydrogen (secondary N) is 1. The highest BCUT2D eigenvalue weighted by Gasteiger charge is 2.29. The molecule has 1 atom stereocenters. The van der Waals surface area contributed by atoms with E-state index in [1.165, 1.54) is 0 Å². The molecule has 0 aliphatic heterocycles. The predicted molar refractivity (Wildman–Crippen MR) is 118 cm³/mol. The second-order valence-corrected chi connectivity index (χ2v) is 8.55. The lowest BCUT2D eigenvalue weighted by atomic mass is 9.95. The molecule has 0 saturated heterocycles. The molecule has 30 heavy (non-hydrogen) atoms. The molecule has 0 spiro atoms. The van der Waals surface area contributed by atoms with Gasteiger partial charge in [-0.3, -0.25) is 4.79 Å². The van der Waals surface area contributed by atoms with Crippen molar-refractivity contribution in [2.75, 3.05) is 5.32 Å². The van der Waals surface area contributed by atoms with Crippen LogP contribution in [0.15, 0.2) is 30.3 Å². The van der Waals surface area contributed by atoms with Gasteiger partial charge in [0.1, 0.15) is 9.88 Å². The van der Waals surface area contributed by atoms with Crippen LogP contribution in [0.1, 0.15) is 78.1 Å². The Morgan fingerprint density at radius 1 is 0.967 bits per heavy atom. The average molecular weight is 432 g/mol. The molecular formula is C23H29NO5S. The van der Waals surface area contributed by atoms with Crippen molar-refractivity contribution in [2.45, 2.75) is 66.1 Å². The number of amides is 1. The Labute approximate surface area is 181 Å². The fourth-order valence-corrected chi connectivity index (χ4v) is 4.12. The Morgan fingerprint density at radius 2 is 1.53 bits per heavy atom. The molecule has 0 aliphatic rings. The maximum Gasteiger partial charge on any atom is 0.348 e. The molecule has 162 valence electrons. The Hall–Kier alpha value is -2.67. The zero-order chi connectivity index (χ0) is 22.4. The zero-order valence-electron chi connectivity index (χ0n) is 18.3. The van der Waals surface area contributed by atoms with Gasteiger partial charge in [0.05, 0.1) is 23.7 Å². The fourth-order valence-electron chi connectivity index (χ4n) is 3.04. The molecule has 0 radical (unpaired) electrons. The summed E-state index contributed by atoms with van der Waals surface area (Å²) in [5, 5.41) is 3.15. The van der Waals surface area contributed by atoms with E-state index < -0.39 is 11.9 Å². The summed E-state index contributed by atoms with van der Waals surface area (Å²) in [4.78, 5) is 38.6. The Morgan fingerprint density at radius 3 is 2.07 bits per heavy atom. The van der Waals surface area contributed by atoms with Gasteiger partial charge in [0.25, 0.3) is 0 Å².